The Hall–Kier alpha value is -0.340. The van der Waals surface area contributed by atoms with Gasteiger partial charge < -0.3 is 5.32 Å². The van der Waals surface area contributed by atoms with Gasteiger partial charge in [-0.15, -0.1) is 11.3 Å². The molecular weight excluding hydrogens is 178 g/mol. The van der Waals surface area contributed by atoms with Gasteiger partial charge in [0.15, 0.2) is 0 Å². The fourth-order valence-corrected chi connectivity index (χ4v) is 3.40. The third-order valence-corrected chi connectivity index (χ3v) is 4.13. The van der Waals surface area contributed by atoms with Crippen LogP contribution in [0.4, 0.5) is 0 Å². The fourth-order valence-electron chi connectivity index (χ4n) is 2.27. The molecule has 2 heteroatoms. The third-order valence-electron chi connectivity index (χ3n) is 2.91. The lowest BCUT2D eigenvalue weighted by atomic mass is 9.88. The first kappa shape index (κ1) is 9.22. The van der Waals surface area contributed by atoms with Crippen molar-refractivity contribution >= 4 is 11.3 Å². The minimum absolute atomic E-state index is 0.260. The summed E-state index contributed by atoms with van der Waals surface area (Å²) in [6.45, 7) is 5.74. The number of hydrogen-bond donors (Lipinski definition) is 1. The summed E-state index contributed by atoms with van der Waals surface area (Å²) >= 11 is 1.91. The summed E-state index contributed by atoms with van der Waals surface area (Å²) < 4.78 is 0. The molecule has 13 heavy (non-hydrogen) atoms. The van der Waals surface area contributed by atoms with Crippen molar-refractivity contribution in [3.8, 4) is 0 Å². The molecule has 1 atom stereocenters. The summed E-state index contributed by atoms with van der Waals surface area (Å²) in [7, 11) is 0. The summed E-state index contributed by atoms with van der Waals surface area (Å²) in [6.07, 6.45) is 3.71. The fraction of sp³-hybridized carbons (Fsp3) is 0.636. The Morgan fingerprint density at radius 1 is 1.62 bits per heavy atom. The molecule has 1 aliphatic rings. The second-order valence-electron chi connectivity index (χ2n) is 4.03. The minimum atomic E-state index is 0.260. The largest absolute Gasteiger partial charge is 0.307 e. The molecule has 0 aliphatic carbocycles. The summed E-state index contributed by atoms with van der Waals surface area (Å²) in [5.74, 6) is 0. The Bertz CT molecular complexity index is 292. The molecule has 72 valence electrons. The van der Waals surface area contributed by atoms with E-state index in [4.69, 9.17) is 0 Å². The highest BCUT2D eigenvalue weighted by atomic mass is 32.1. The van der Waals surface area contributed by atoms with Crippen LogP contribution in [0.15, 0.2) is 11.4 Å². The predicted octanol–water partition coefficient (Wildman–Crippen LogP) is 2.91. The number of thiophene rings is 1. The Morgan fingerprint density at radius 3 is 3.23 bits per heavy atom. The van der Waals surface area contributed by atoms with Crippen LogP contribution >= 0.6 is 11.3 Å². The Balaban J connectivity index is 2.33. The second kappa shape index (κ2) is 3.43. The van der Waals surface area contributed by atoms with Gasteiger partial charge in [0.05, 0.1) is 5.54 Å². The van der Waals surface area contributed by atoms with E-state index in [1.54, 1.807) is 10.4 Å². The molecule has 0 bridgehead atoms. The van der Waals surface area contributed by atoms with E-state index in [0.29, 0.717) is 0 Å². The molecule has 0 radical (unpaired) electrons. The zero-order valence-corrected chi connectivity index (χ0v) is 9.21. The van der Waals surface area contributed by atoms with Crippen molar-refractivity contribution in [1.82, 2.24) is 5.32 Å². The summed E-state index contributed by atoms with van der Waals surface area (Å²) in [5, 5.41) is 5.88. The van der Waals surface area contributed by atoms with Gasteiger partial charge in [-0.2, -0.15) is 0 Å². The molecule has 1 N–H and O–H groups in total. The highest BCUT2D eigenvalue weighted by Crippen LogP contribution is 2.35. The van der Waals surface area contributed by atoms with Gasteiger partial charge in [0.1, 0.15) is 0 Å². The number of nitrogens with one attached hydrogen (secondary N) is 1. The van der Waals surface area contributed by atoms with E-state index >= 15 is 0 Å². The van der Waals surface area contributed by atoms with Gasteiger partial charge in [-0.05, 0) is 36.8 Å². The van der Waals surface area contributed by atoms with Gasteiger partial charge in [-0.25, -0.2) is 0 Å². The average Bonchev–Trinajstić information content (AvgIpc) is 2.54. The van der Waals surface area contributed by atoms with Gasteiger partial charge in [0, 0.05) is 11.4 Å². The monoisotopic (exact) mass is 195 g/mol. The maximum absolute atomic E-state index is 3.65. The number of hydrogen-bond acceptors (Lipinski definition) is 2. The third kappa shape index (κ3) is 1.53. The van der Waals surface area contributed by atoms with E-state index in [9.17, 15) is 0 Å². The predicted molar refractivity (Wildman–Crippen MR) is 58.3 cm³/mol. The van der Waals surface area contributed by atoms with Crippen molar-refractivity contribution in [2.75, 3.05) is 6.54 Å². The Morgan fingerprint density at radius 2 is 2.46 bits per heavy atom. The molecular formula is C11H17NS. The van der Waals surface area contributed by atoms with Crippen LogP contribution in [0.1, 0.15) is 37.1 Å². The van der Waals surface area contributed by atoms with Crippen molar-refractivity contribution < 1.29 is 0 Å². The molecule has 0 spiro atoms. The van der Waals surface area contributed by atoms with E-state index in [-0.39, 0.29) is 5.54 Å². The SMILES string of the molecule is CCCC1(C)NCCc2ccsc21. The molecule has 2 heterocycles. The highest BCUT2D eigenvalue weighted by molar-refractivity contribution is 7.10. The summed E-state index contributed by atoms with van der Waals surface area (Å²) in [6, 6.07) is 2.29. The normalized spacial score (nSPS) is 27.2. The topological polar surface area (TPSA) is 12.0 Å². The van der Waals surface area contributed by atoms with Crippen LogP contribution in [0.5, 0.6) is 0 Å². The van der Waals surface area contributed by atoms with Crippen LogP contribution in [0.3, 0.4) is 0 Å². The van der Waals surface area contributed by atoms with Gasteiger partial charge in [0.25, 0.3) is 0 Å². The summed E-state index contributed by atoms with van der Waals surface area (Å²) in [5.41, 5.74) is 1.83. The Kier molecular flexibility index (Phi) is 2.43. The van der Waals surface area contributed by atoms with Crippen LogP contribution in [-0.4, -0.2) is 6.54 Å². The van der Waals surface area contributed by atoms with Crippen LogP contribution in [0.25, 0.3) is 0 Å². The molecule has 1 aromatic rings. The van der Waals surface area contributed by atoms with E-state index in [2.05, 4.69) is 30.6 Å². The maximum Gasteiger partial charge on any atom is 0.0502 e. The van der Waals surface area contributed by atoms with Crippen LogP contribution in [0.2, 0.25) is 0 Å². The molecule has 0 saturated heterocycles. The molecule has 0 saturated carbocycles. The molecule has 1 unspecified atom stereocenters. The van der Waals surface area contributed by atoms with Gasteiger partial charge in [-0.1, -0.05) is 13.3 Å². The molecule has 1 aliphatic heterocycles. The molecule has 0 fully saturated rings. The van der Waals surface area contributed by atoms with E-state index in [1.807, 2.05) is 11.3 Å². The first-order valence-electron chi connectivity index (χ1n) is 5.08. The van der Waals surface area contributed by atoms with Crippen molar-refractivity contribution in [2.45, 2.75) is 38.6 Å². The van der Waals surface area contributed by atoms with Crippen molar-refractivity contribution in [3.05, 3.63) is 21.9 Å². The molecule has 1 nitrogen and oxygen atoms in total. The lowest BCUT2D eigenvalue weighted by Gasteiger charge is -2.34. The van der Waals surface area contributed by atoms with Crippen LogP contribution < -0.4 is 5.32 Å². The summed E-state index contributed by atoms with van der Waals surface area (Å²) in [4.78, 5) is 1.57. The molecule has 0 aromatic carbocycles. The van der Waals surface area contributed by atoms with E-state index < -0.39 is 0 Å². The smallest absolute Gasteiger partial charge is 0.0502 e. The molecule has 2 rings (SSSR count). The first-order chi connectivity index (χ1) is 6.26. The highest BCUT2D eigenvalue weighted by Gasteiger charge is 2.31. The van der Waals surface area contributed by atoms with Gasteiger partial charge >= 0.3 is 0 Å². The maximum atomic E-state index is 3.65. The number of fused-ring (bicyclic) bond motifs is 1. The molecule has 0 amide bonds. The lowest BCUT2D eigenvalue weighted by molar-refractivity contribution is 0.327. The first-order valence-corrected chi connectivity index (χ1v) is 5.96. The number of rotatable bonds is 2. The van der Waals surface area contributed by atoms with Gasteiger partial charge in [-0.3, -0.25) is 0 Å². The van der Waals surface area contributed by atoms with E-state index in [0.717, 1.165) is 6.54 Å². The standard InChI is InChI=1S/C11H17NS/c1-3-6-11(2)10-9(4-7-12-11)5-8-13-10/h5,8,12H,3-4,6-7H2,1-2H3. The quantitative estimate of drug-likeness (QED) is 0.765. The average molecular weight is 195 g/mol. The Labute approximate surface area is 84.2 Å². The van der Waals surface area contributed by atoms with Crippen LogP contribution in [0, 0.1) is 0 Å². The van der Waals surface area contributed by atoms with Crippen molar-refractivity contribution in [2.24, 2.45) is 0 Å². The molecule has 1 aromatic heterocycles. The van der Waals surface area contributed by atoms with Gasteiger partial charge in [0.2, 0.25) is 0 Å². The van der Waals surface area contributed by atoms with E-state index in [1.165, 1.54) is 19.3 Å². The van der Waals surface area contributed by atoms with Crippen LogP contribution in [-0.2, 0) is 12.0 Å². The van der Waals surface area contributed by atoms with Crippen molar-refractivity contribution in [1.29, 1.82) is 0 Å². The second-order valence-corrected chi connectivity index (χ2v) is 4.95. The van der Waals surface area contributed by atoms with Crippen molar-refractivity contribution in [3.63, 3.8) is 0 Å². The lowest BCUT2D eigenvalue weighted by Crippen LogP contribution is -2.43. The zero-order chi connectivity index (χ0) is 9.31. The zero-order valence-electron chi connectivity index (χ0n) is 8.39. The minimum Gasteiger partial charge on any atom is -0.307 e.